The van der Waals surface area contributed by atoms with Crippen LogP contribution in [0.5, 0.6) is 5.75 Å². The Morgan fingerprint density at radius 2 is 1.42 bits per heavy atom. The van der Waals surface area contributed by atoms with Gasteiger partial charge >= 0.3 is 5.97 Å². The molecule has 0 aliphatic carbocycles. The van der Waals surface area contributed by atoms with Crippen molar-refractivity contribution in [3.8, 4) is 5.75 Å². The maximum atomic E-state index is 12.7. The second-order valence-electron chi connectivity index (χ2n) is 12.3. The number of carbonyl (C=O) groups is 1. The minimum absolute atomic E-state index is 0.199. The smallest absolute Gasteiger partial charge is 0.306 e. The first kappa shape index (κ1) is 25.9. The molecule has 1 N–H and O–H groups in total. The molecule has 0 radical (unpaired) electrons. The number of esters is 1. The number of hydrogen-bond donors (Lipinski definition) is 1. The summed E-state index contributed by atoms with van der Waals surface area (Å²) in [6, 6.07) is 4.04. The summed E-state index contributed by atoms with van der Waals surface area (Å²) in [5.41, 5.74) is 2.45. The lowest BCUT2D eigenvalue weighted by molar-refractivity contribution is -0.150. The number of aromatic hydroxyl groups is 1. The van der Waals surface area contributed by atoms with E-state index < -0.39 is 10.8 Å². The van der Waals surface area contributed by atoms with E-state index in [2.05, 4.69) is 41.5 Å². The molecule has 0 saturated carbocycles. The molecule has 1 aromatic carbocycles. The van der Waals surface area contributed by atoms with Crippen molar-refractivity contribution in [1.29, 1.82) is 0 Å². The molecule has 31 heavy (non-hydrogen) atoms. The lowest BCUT2D eigenvalue weighted by atomic mass is 9.78. The largest absolute Gasteiger partial charge is 0.507 e. The highest BCUT2D eigenvalue weighted by atomic mass is 32.2. The van der Waals surface area contributed by atoms with Gasteiger partial charge in [0.25, 0.3) is 0 Å². The van der Waals surface area contributed by atoms with Gasteiger partial charge in [0.2, 0.25) is 0 Å². The van der Waals surface area contributed by atoms with Crippen LogP contribution in [0.3, 0.4) is 0 Å². The number of phenols is 1. The predicted molar refractivity (Wildman–Crippen MR) is 129 cm³/mol. The Hall–Kier alpha value is -1.36. The van der Waals surface area contributed by atoms with E-state index in [4.69, 9.17) is 4.74 Å². The van der Waals surface area contributed by atoms with Crippen molar-refractivity contribution in [3.63, 3.8) is 0 Å². The van der Waals surface area contributed by atoms with Crippen molar-refractivity contribution in [1.82, 2.24) is 0 Å². The standard InChI is InChI=1S/C26H42O4S/c1-23(2,3)19-13-17(14-20(22(19)28)24(4,5)6)11-12-21(27)30-18-15-25(7,8)31(29)26(9,10)16-18/h13-14,18,28H,11-12,15-16H2,1-10H3. The molecule has 0 atom stereocenters. The summed E-state index contributed by atoms with van der Waals surface area (Å²) in [5.74, 6) is 0.137. The molecule has 1 heterocycles. The second kappa shape index (κ2) is 8.53. The van der Waals surface area contributed by atoms with E-state index in [1.807, 2.05) is 39.8 Å². The van der Waals surface area contributed by atoms with E-state index in [1.165, 1.54) is 0 Å². The molecule has 5 heteroatoms. The molecule has 0 unspecified atom stereocenters. The summed E-state index contributed by atoms with van der Waals surface area (Å²) in [4.78, 5) is 12.7. The zero-order chi connectivity index (χ0) is 24.0. The minimum atomic E-state index is -0.970. The molecule has 4 nitrogen and oxygen atoms in total. The number of aryl methyl sites for hydroxylation is 1. The molecule has 1 aliphatic rings. The monoisotopic (exact) mass is 450 g/mol. The van der Waals surface area contributed by atoms with E-state index in [9.17, 15) is 14.1 Å². The van der Waals surface area contributed by atoms with Crippen LogP contribution in [0.15, 0.2) is 12.1 Å². The normalized spacial score (nSPS) is 23.4. The molecule has 2 rings (SSSR count). The van der Waals surface area contributed by atoms with E-state index >= 15 is 0 Å². The first-order chi connectivity index (χ1) is 13.8. The summed E-state index contributed by atoms with van der Waals surface area (Å²) >= 11 is 0. The fraction of sp³-hybridized carbons (Fsp3) is 0.731. The number of ether oxygens (including phenoxy) is 1. The molecule has 1 saturated heterocycles. The van der Waals surface area contributed by atoms with Crippen LogP contribution in [0.4, 0.5) is 0 Å². The van der Waals surface area contributed by atoms with Gasteiger partial charge in [-0.1, -0.05) is 53.7 Å². The number of phenolic OH excluding ortho intramolecular Hbond substituents is 1. The maximum absolute atomic E-state index is 12.7. The molecule has 0 aromatic heterocycles. The van der Waals surface area contributed by atoms with Crippen LogP contribution < -0.4 is 0 Å². The topological polar surface area (TPSA) is 63.6 Å². The Balaban J connectivity index is 2.16. The van der Waals surface area contributed by atoms with Gasteiger partial charge in [-0.15, -0.1) is 0 Å². The highest BCUT2D eigenvalue weighted by molar-refractivity contribution is 7.87. The summed E-state index contributed by atoms with van der Waals surface area (Å²) in [7, 11) is -0.970. The molecule has 1 aromatic rings. The molecule has 176 valence electrons. The van der Waals surface area contributed by atoms with Crippen molar-refractivity contribution in [2.45, 2.75) is 121 Å². The molecule has 1 aliphatic heterocycles. The van der Waals surface area contributed by atoms with Crippen LogP contribution in [0.25, 0.3) is 0 Å². The van der Waals surface area contributed by atoms with Gasteiger partial charge in [-0.05, 0) is 61.6 Å². The third-order valence-corrected chi connectivity index (χ3v) is 8.48. The van der Waals surface area contributed by atoms with Gasteiger partial charge in [0, 0.05) is 39.6 Å². The number of hydrogen-bond acceptors (Lipinski definition) is 4. The van der Waals surface area contributed by atoms with Crippen LogP contribution in [0.2, 0.25) is 0 Å². The zero-order valence-corrected chi connectivity index (χ0v) is 22.0. The lowest BCUT2D eigenvalue weighted by Gasteiger charge is -2.43. The Kier molecular flexibility index (Phi) is 7.13. The van der Waals surface area contributed by atoms with Gasteiger partial charge in [-0.3, -0.25) is 9.00 Å². The first-order valence-electron chi connectivity index (χ1n) is 11.3. The highest BCUT2D eigenvalue weighted by Crippen LogP contribution is 2.41. The second-order valence-corrected chi connectivity index (χ2v) is 15.1. The van der Waals surface area contributed by atoms with Gasteiger partial charge < -0.3 is 9.84 Å². The Labute approximate surface area is 191 Å². The fourth-order valence-corrected chi connectivity index (χ4v) is 6.80. The fourth-order valence-electron chi connectivity index (χ4n) is 4.62. The predicted octanol–water partition coefficient (Wildman–Crippen LogP) is 5.93. The SMILES string of the molecule is CC(C)(C)c1cc(CCC(=O)OC2CC(C)(C)S(=O)C(C)(C)C2)cc(C(C)(C)C)c1O. The molecule has 0 amide bonds. The van der Waals surface area contributed by atoms with E-state index in [0.29, 0.717) is 31.4 Å². The van der Waals surface area contributed by atoms with E-state index in [0.717, 1.165) is 16.7 Å². The van der Waals surface area contributed by atoms with Crippen molar-refractivity contribution >= 4 is 16.8 Å². The molecular formula is C26H42O4S. The van der Waals surface area contributed by atoms with Gasteiger partial charge in [-0.25, -0.2) is 0 Å². The van der Waals surface area contributed by atoms with Crippen LogP contribution in [0.1, 0.15) is 105 Å². The van der Waals surface area contributed by atoms with Crippen molar-refractivity contribution in [2.24, 2.45) is 0 Å². The Morgan fingerprint density at radius 1 is 1.00 bits per heavy atom. The van der Waals surface area contributed by atoms with Gasteiger partial charge in [0.15, 0.2) is 0 Å². The van der Waals surface area contributed by atoms with E-state index in [1.54, 1.807) is 0 Å². The van der Waals surface area contributed by atoms with Crippen molar-refractivity contribution in [2.75, 3.05) is 0 Å². The van der Waals surface area contributed by atoms with Crippen LogP contribution >= 0.6 is 0 Å². The minimum Gasteiger partial charge on any atom is -0.507 e. The van der Waals surface area contributed by atoms with Gasteiger partial charge in [0.1, 0.15) is 11.9 Å². The third-order valence-electron chi connectivity index (χ3n) is 6.14. The highest BCUT2D eigenvalue weighted by Gasteiger charge is 2.46. The number of carbonyl (C=O) groups excluding carboxylic acids is 1. The summed E-state index contributed by atoms with van der Waals surface area (Å²) < 4.78 is 17.8. The quantitative estimate of drug-likeness (QED) is 0.577. The summed E-state index contributed by atoms with van der Waals surface area (Å²) in [5, 5.41) is 10.9. The maximum Gasteiger partial charge on any atom is 0.306 e. The van der Waals surface area contributed by atoms with E-state index in [-0.39, 0.29) is 32.4 Å². The first-order valence-corrected chi connectivity index (χ1v) is 12.5. The average Bonchev–Trinajstić information content (AvgIpc) is 2.56. The van der Waals surface area contributed by atoms with Crippen molar-refractivity contribution in [3.05, 3.63) is 28.8 Å². The Morgan fingerprint density at radius 3 is 1.81 bits per heavy atom. The van der Waals surface area contributed by atoms with Crippen LogP contribution in [-0.4, -0.2) is 30.9 Å². The molecule has 0 spiro atoms. The van der Waals surface area contributed by atoms with Crippen LogP contribution in [-0.2, 0) is 37.6 Å². The number of benzene rings is 1. The number of rotatable bonds is 4. The summed E-state index contributed by atoms with van der Waals surface area (Å²) in [6.45, 7) is 20.5. The van der Waals surface area contributed by atoms with Gasteiger partial charge in [-0.2, -0.15) is 0 Å². The molecular weight excluding hydrogens is 408 g/mol. The molecule has 0 bridgehead atoms. The summed E-state index contributed by atoms with van der Waals surface area (Å²) in [6.07, 6.45) is 1.90. The Bertz CT molecular complexity index is 798. The molecule has 1 fully saturated rings. The third kappa shape index (κ3) is 6.12. The van der Waals surface area contributed by atoms with Crippen molar-refractivity contribution < 1.29 is 18.8 Å². The van der Waals surface area contributed by atoms with Crippen LogP contribution in [0, 0.1) is 0 Å². The van der Waals surface area contributed by atoms with Gasteiger partial charge in [0.05, 0.1) is 0 Å². The lowest BCUT2D eigenvalue weighted by Crippen LogP contribution is -2.50. The average molecular weight is 451 g/mol. The zero-order valence-electron chi connectivity index (χ0n) is 21.1.